The number of hydrogen-bond donors (Lipinski definition) is 2. The first-order chi connectivity index (χ1) is 10.8. The number of benzene rings is 2. The molecule has 0 bridgehead atoms. The Labute approximate surface area is 136 Å². The summed E-state index contributed by atoms with van der Waals surface area (Å²) in [4.78, 5) is 24.0. The maximum absolute atomic E-state index is 12.3. The van der Waals surface area contributed by atoms with Crippen molar-refractivity contribution in [2.24, 2.45) is 0 Å². The Bertz CT molecular complexity index is 725. The van der Waals surface area contributed by atoms with Gasteiger partial charge in [0.2, 0.25) is 0 Å². The van der Waals surface area contributed by atoms with Gasteiger partial charge >= 0.3 is 5.97 Å². The van der Waals surface area contributed by atoms with Crippen molar-refractivity contribution >= 4 is 11.9 Å². The van der Waals surface area contributed by atoms with Gasteiger partial charge in [0.25, 0.3) is 5.91 Å². The lowest BCUT2D eigenvalue weighted by atomic mass is 9.82. The van der Waals surface area contributed by atoms with Crippen molar-refractivity contribution in [3.05, 3.63) is 70.8 Å². The van der Waals surface area contributed by atoms with Gasteiger partial charge < -0.3 is 10.4 Å². The third-order valence-electron chi connectivity index (χ3n) is 4.25. The molecule has 0 spiro atoms. The van der Waals surface area contributed by atoms with Crippen LogP contribution >= 0.6 is 0 Å². The summed E-state index contributed by atoms with van der Waals surface area (Å²) < 4.78 is 0. The zero-order chi connectivity index (χ0) is 17.0. The predicted octanol–water partition coefficient (Wildman–Crippen LogP) is 3.08. The van der Waals surface area contributed by atoms with Crippen LogP contribution in [-0.4, -0.2) is 23.5 Å². The predicted molar refractivity (Wildman–Crippen MR) is 89.7 cm³/mol. The Balaban J connectivity index is 2.17. The molecule has 4 heteroatoms. The van der Waals surface area contributed by atoms with E-state index in [9.17, 15) is 14.7 Å². The first kappa shape index (κ1) is 16.7. The van der Waals surface area contributed by atoms with Crippen LogP contribution in [0.1, 0.15) is 34.0 Å². The number of amides is 1. The first-order valence-electron chi connectivity index (χ1n) is 7.49. The van der Waals surface area contributed by atoms with E-state index in [0.29, 0.717) is 11.1 Å². The molecule has 23 heavy (non-hydrogen) atoms. The second-order valence-electron chi connectivity index (χ2n) is 5.99. The van der Waals surface area contributed by atoms with E-state index in [1.165, 1.54) is 0 Å². The smallest absolute Gasteiger partial charge is 0.315 e. The summed E-state index contributed by atoms with van der Waals surface area (Å²) in [6, 6.07) is 14.4. The molecule has 2 N–H and O–H groups in total. The van der Waals surface area contributed by atoms with E-state index in [-0.39, 0.29) is 12.5 Å². The zero-order valence-electron chi connectivity index (χ0n) is 13.6. The van der Waals surface area contributed by atoms with Crippen molar-refractivity contribution in [1.29, 1.82) is 0 Å². The van der Waals surface area contributed by atoms with Crippen LogP contribution in [0.2, 0.25) is 0 Å². The number of aryl methyl sites for hydroxylation is 2. The van der Waals surface area contributed by atoms with Gasteiger partial charge in [0.05, 0.1) is 0 Å². The minimum absolute atomic E-state index is 0.0259. The Hall–Kier alpha value is -2.62. The summed E-state index contributed by atoms with van der Waals surface area (Å²) in [5.41, 5.74) is 2.17. The summed E-state index contributed by atoms with van der Waals surface area (Å²) >= 11 is 0. The monoisotopic (exact) mass is 311 g/mol. The van der Waals surface area contributed by atoms with Crippen molar-refractivity contribution in [3.63, 3.8) is 0 Å². The normalized spacial score (nSPS) is 13.2. The van der Waals surface area contributed by atoms with Crippen LogP contribution in [0.5, 0.6) is 0 Å². The van der Waals surface area contributed by atoms with Gasteiger partial charge in [0.1, 0.15) is 5.41 Å². The Morgan fingerprint density at radius 2 is 1.70 bits per heavy atom. The van der Waals surface area contributed by atoms with Gasteiger partial charge in [0, 0.05) is 12.1 Å². The van der Waals surface area contributed by atoms with Gasteiger partial charge in [-0.1, -0.05) is 36.4 Å². The van der Waals surface area contributed by atoms with E-state index in [0.717, 1.165) is 11.1 Å². The molecule has 120 valence electrons. The van der Waals surface area contributed by atoms with Crippen molar-refractivity contribution < 1.29 is 14.7 Å². The Kier molecular flexibility index (Phi) is 4.84. The molecule has 0 aliphatic carbocycles. The molecule has 0 radical (unpaired) electrons. The van der Waals surface area contributed by atoms with Crippen molar-refractivity contribution in [2.45, 2.75) is 26.2 Å². The second kappa shape index (κ2) is 6.65. The number of carboxylic acids is 1. The summed E-state index contributed by atoms with van der Waals surface area (Å²) in [7, 11) is 0. The molecule has 0 aromatic heterocycles. The van der Waals surface area contributed by atoms with Crippen molar-refractivity contribution in [1.82, 2.24) is 5.32 Å². The molecule has 2 rings (SSSR count). The fourth-order valence-electron chi connectivity index (χ4n) is 2.35. The number of nitrogens with one attached hydrogen (secondary N) is 1. The van der Waals surface area contributed by atoms with Crippen LogP contribution in [0, 0.1) is 13.8 Å². The number of hydrogen-bond acceptors (Lipinski definition) is 2. The standard InChI is InChI=1S/C19H21NO3/c1-13-9-10-15(11-14(13)2)17(21)20-12-19(3,18(22)23)16-7-5-4-6-8-16/h4-11H,12H2,1-3H3,(H,20,21)(H,22,23). The van der Waals surface area contributed by atoms with E-state index in [1.54, 1.807) is 37.3 Å². The van der Waals surface area contributed by atoms with E-state index in [1.807, 2.05) is 32.0 Å². The largest absolute Gasteiger partial charge is 0.481 e. The van der Waals surface area contributed by atoms with Gasteiger partial charge in [-0.05, 0) is 49.6 Å². The molecule has 0 aliphatic rings. The van der Waals surface area contributed by atoms with Gasteiger partial charge in [-0.25, -0.2) is 0 Å². The highest BCUT2D eigenvalue weighted by Gasteiger charge is 2.35. The summed E-state index contributed by atoms with van der Waals surface area (Å²) in [6.07, 6.45) is 0. The fourth-order valence-corrected chi connectivity index (χ4v) is 2.35. The van der Waals surface area contributed by atoms with Crippen molar-refractivity contribution in [2.75, 3.05) is 6.54 Å². The molecule has 1 atom stereocenters. The first-order valence-corrected chi connectivity index (χ1v) is 7.49. The number of aliphatic carboxylic acids is 1. The molecule has 0 heterocycles. The molecule has 1 amide bonds. The van der Waals surface area contributed by atoms with Gasteiger partial charge in [-0.3, -0.25) is 9.59 Å². The van der Waals surface area contributed by atoms with E-state index >= 15 is 0 Å². The number of carboxylic acid groups (broad SMARTS) is 1. The van der Waals surface area contributed by atoms with E-state index < -0.39 is 11.4 Å². The SMILES string of the molecule is Cc1ccc(C(=O)NCC(C)(C(=O)O)c2ccccc2)cc1C. The number of carbonyl (C=O) groups is 2. The van der Waals surface area contributed by atoms with Crippen LogP contribution in [0.15, 0.2) is 48.5 Å². The van der Waals surface area contributed by atoms with Crippen molar-refractivity contribution in [3.8, 4) is 0 Å². The van der Waals surface area contributed by atoms with Gasteiger partial charge in [-0.15, -0.1) is 0 Å². The lowest BCUT2D eigenvalue weighted by Crippen LogP contribution is -2.44. The molecular weight excluding hydrogens is 290 g/mol. The van der Waals surface area contributed by atoms with Crippen LogP contribution in [0.25, 0.3) is 0 Å². The Morgan fingerprint density at radius 1 is 1.04 bits per heavy atom. The van der Waals surface area contributed by atoms with E-state index in [4.69, 9.17) is 0 Å². The lowest BCUT2D eigenvalue weighted by Gasteiger charge is -2.25. The molecule has 4 nitrogen and oxygen atoms in total. The molecular formula is C19H21NO3. The van der Waals surface area contributed by atoms with E-state index in [2.05, 4.69) is 5.32 Å². The minimum atomic E-state index is -1.17. The van der Waals surface area contributed by atoms with Crippen LogP contribution in [0.3, 0.4) is 0 Å². The lowest BCUT2D eigenvalue weighted by molar-refractivity contribution is -0.142. The van der Waals surface area contributed by atoms with Crippen LogP contribution in [0.4, 0.5) is 0 Å². The topological polar surface area (TPSA) is 66.4 Å². The molecule has 0 saturated heterocycles. The average Bonchev–Trinajstić information content (AvgIpc) is 2.55. The molecule has 0 saturated carbocycles. The third kappa shape index (κ3) is 3.59. The number of carbonyl (C=O) groups excluding carboxylic acids is 1. The van der Waals surface area contributed by atoms with Gasteiger partial charge in [-0.2, -0.15) is 0 Å². The summed E-state index contributed by atoms with van der Waals surface area (Å²) in [5, 5.41) is 12.3. The molecule has 0 aliphatic heterocycles. The highest BCUT2D eigenvalue weighted by Crippen LogP contribution is 2.23. The molecule has 0 fully saturated rings. The highest BCUT2D eigenvalue weighted by atomic mass is 16.4. The molecule has 2 aromatic rings. The zero-order valence-corrected chi connectivity index (χ0v) is 13.6. The summed E-state index contributed by atoms with van der Waals surface area (Å²) in [5.74, 6) is -1.24. The molecule has 2 aromatic carbocycles. The maximum Gasteiger partial charge on any atom is 0.315 e. The number of rotatable bonds is 5. The van der Waals surface area contributed by atoms with Gasteiger partial charge in [0.15, 0.2) is 0 Å². The minimum Gasteiger partial charge on any atom is -0.481 e. The molecule has 1 unspecified atom stereocenters. The average molecular weight is 311 g/mol. The second-order valence-corrected chi connectivity index (χ2v) is 5.99. The highest BCUT2D eigenvalue weighted by molar-refractivity contribution is 5.95. The van der Waals surface area contributed by atoms with Crippen LogP contribution in [-0.2, 0) is 10.2 Å². The summed E-state index contributed by atoms with van der Waals surface area (Å²) in [6.45, 7) is 5.56. The van der Waals surface area contributed by atoms with Crippen LogP contribution < -0.4 is 5.32 Å². The fraction of sp³-hybridized carbons (Fsp3) is 0.263. The maximum atomic E-state index is 12.3. The Morgan fingerprint density at radius 3 is 2.26 bits per heavy atom. The third-order valence-corrected chi connectivity index (χ3v) is 4.25. The quantitative estimate of drug-likeness (QED) is 0.892.